The molecule has 3 aromatic heterocycles. The number of nitrogens with zero attached hydrogens (tertiary/aromatic N) is 7. The van der Waals surface area contributed by atoms with Gasteiger partial charge in [0, 0.05) is 30.6 Å². The Morgan fingerprint density at radius 1 is 1.20 bits per heavy atom. The molecule has 0 radical (unpaired) electrons. The van der Waals surface area contributed by atoms with Crippen LogP contribution < -0.4 is 16.8 Å². The van der Waals surface area contributed by atoms with Crippen LogP contribution in [0, 0.1) is 17.2 Å². The molecule has 4 aromatic rings. The minimum atomic E-state index is -1.23. The molecule has 1 fully saturated rings. The first-order valence-corrected chi connectivity index (χ1v) is 14.3. The van der Waals surface area contributed by atoms with Crippen LogP contribution >= 0.6 is 0 Å². The molecule has 5 rings (SSSR count). The van der Waals surface area contributed by atoms with E-state index >= 15 is 0 Å². The Bertz CT molecular complexity index is 1770. The molecule has 15 heteroatoms. The smallest absolute Gasteiger partial charge is 0.326 e. The van der Waals surface area contributed by atoms with E-state index in [1.54, 1.807) is 6.20 Å². The van der Waals surface area contributed by atoms with Crippen molar-refractivity contribution in [2.24, 2.45) is 32.6 Å². The highest BCUT2D eigenvalue weighted by atomic mass is 16.4. The van der Waals surface area contributed by atoms with Gasteiger partial charge in [0.05, 0.1) is 29.0 Å². The number of benzene rings is 1. The summed E-state index contributed by atoms with van der Waals surface area (Å²) < 4.78 is 2.08. The summed E-state index contributed by atoms with van der Waals surface area (Å²) in [5.74, 6) is -1.73. The molecular formula is C29H33N11O4. The number of amides is 1. The molecular weight excluding hydrogens is 566 g/mol. The fourth-order valence-electron chi connectivity index (χ4n) is 5.60. The number of aromatic hydroxyl groups is 1. The van der Waals surface area contributed by atoms with Gasteiger partial charge in [-0.05, 0) is 68.7 Å². The van der Waals surface area contributed by atoms with Crippen molar-refractivity contribution < 1.29 is 19.8 Å². The van der Waals surface area contributed by atoms with E-state index in [2.05, 4.69) is 41.1 Å². The van der Waals surface area contributed by atoms with E-state index in [4.69, 9.17) is 21.7 Å². The number of guanidine groups is 1. The number of nitrogens with one attached hydrogen (secondary N) is 2. The van der Waals surface area contributed by atoms with Gasteiger partial charge in [-0.3, -0.25) is 9.79 Å². The molecule has 1 aromatic carbocycles. The summed E-state index contributed by atoms with van der Waals surface area (Å²) in [7, 11) is 0. The van der Waals surface area contributed by atoms with Crippen LogP contribution in [0.3, 0.4) is 0 Å². The van der Waals surface area contributed by atoms with Crippen molar-refractivity contribution in [3.8, 4) is 11.8 Å². The monoisotopic (exact) mass is 599 g/mol. The number of nitrogens with two attached hydrogens (primary N) is 2. The number of phenols is 1. The number of pyridine rings is 1. The second-order valence-corrected chi connectivity index (χ2v) is 10.8. The number of azo groups is 1. The summed E-state index contributed by atoms with van der Waals surface area (Å²) in [6.45, 7) is 0.209. The molecule has 228 valence electrons. The number of imidazole rings is 1. The van der Waals surface area contributed by atoms with Crippen molar-refractivity contribution in [2.45, 2.75) is 57.0 Å². The zero-order valence-corrected chi connectivity index (χ0v) is 23.8. The van der Waals surface area contributed by atoms with Crippen LogP contribution in [-0.4, -0.2) is 60.2 Å². The van der Waals surface area contributed by atoms with Crippen molar-refractivity contribution in [1.29, 1.82) is 5.26 Å². The van der Waals surface area contributed by atoms with Gasteiger partial charge in [0.25, 0.3) is 11.9 Å². The number of carboxylic acids is 1. The Balaban J connectivity index is 1.41. The Morgan fingerprint density at radius 2 is 2.00 bits per heavy atom. The minimum absolute atomic E-state index is 0.0793. The first-order chi connectivity index (χ1) is 21.2. The molecule has 0 saturated heterocycles. The number of carboxylic acid groups (broad SMARTS) is 1. The van der Waals surface area contributed by atoms with E-state index in [1.165, 1.54) is 18.2 Å². The highest BCUT2D eigenvalue weighted by Gasteiger charge is 2.27. The first kappa shape index (κ1) is 30.0. The zero-order valence-electron chi connectivity index (χ0n) is 23.8. The lowest BCUT2D eigenvalue weighted by Gasteiger charge is -2.29. The van der Waals surface area contributed by atoms with Crippen molar-refractivity contribution in [1.82, 2.24) is 24.8 Å². The van der Waals surface area contributed by atoms with Crippen LogP contribution in [0.2, 0.25) is 0 Å². The molecule has 1 amide bonds. The maximum absolute atomic E-state index is 13.0. The number of aliphatic carboxylic acids is 1. The van der Waals surface area contributed by atoms with Crippen molar-refractivity contribution >= 4 is 51.5 Å². The average Bonchev–Trinajstić information content (AvgIpc) is 3.63. The third-order valence-electron chi connectivity index (χ3n) is 7.81. The lowest BCUT2D eigenvalue weighted by atomic mass is 9.84. The number of hydrogen-bond donors (Lipinski definition) is 6. The third kappa shape index (κ3) is 6.59. The van der Waals surface area contributed by atoms with E-state index in [0.29, 0.717) is 30.2 Å². The van der Waals surface area contributed by atoms with Crippen LogP contribution in [0.5, 0.6) is 5.75 Å². The number of carbonyl (C=O) groups is 2. The quantitative estimate of drug-likeness (QED) is 0.0632. The SMILES string of the molecule is N#CCC1CCC(n2c(/N=N/c3ccc(O)c(C(=O)N[C@H](CCCN=C(N)N)C(=O)O)c3)nc3cnc4[nH]ccc4c32)CC1. The van der Waals surface area contributed by atoms with Crippen molar-refractivity contribution in [2.75, 3.05) is 6.54 Å². The number of carbonyl (C=O) groups excluding carboxylic acids is 1. The number of H-pyrrole nitrogens is 1. The van der Waals surface area contributed by atoms with Gasteiger partial charge in [0.15, 0.2) is 5.96 Å². The van der Waals surface area contributed by atoms with E-state index in [1.807, 2.05) is 12.3 Å². The van der Waals surface area contributed by atoms with Gasteiger partial charge in [-0.1, -0.05) is 0 Å². The average molecular weight is 600 g/mol. The summed E-state index contributed by atoms with van der Waals surface area (Å²) in [4.78, 5) is 40.8. The van der Waals surface area contributed by atoms with Gasteiger partial charge < -0.3 is 36.5 Å². The van der Waals surface area contributed by atoms with Crippen LogP contribution in [-0.2, 0) is 4.79 Å². The normalized spacial score (nSPS) is 17.4. The second kappa shape index (κ2) is 13.2. The summed E-state index contributed by atoms with van der Waals surface area (Å²) in [6, 6.07) is 7.22. The number of aromatic nitrogens is 4. The highest BCUT2D eigenvalue weighted by molar-refractivity contribution is 6.02. The van der Waals surface area contributed by atoms with Gasteiger partial charge in [0.2, 0.25) is 0 Å². The fourth-order valence-corrected chi connectivity index (χ4v) is 5.60. The highest BCUT2D eigenvalue weighted by Crippen LogP contribution is 2.40. The zero-order chi connectivity index (χ0) is 31.2. The summed E-state index contributed by atoms with van der Waals surface area (Å²) in [5, 5.41) is 41.3. The third-order valence-corrected chi connectivity index (χ3v) is 7.81. The maximum atomic E-state index is 13.0. The van der Waals surface area contributed by atoms with E-state index < -0.39 is 17.9 Å². The van der Waals surface area contributed by atoms with E-state index in [0.717, 1.165) is 42.2 Å². The second-order valence-electron chi connectivity index (χ2n) is 10.8. The van der Waals surface area contributed by atoms with Gasteiger partial charge in [-0.15, -0.1) is 10.2 Å². The molecule has 1 aliphatic rings. The molecule has 8 N–H and O–H groups in total. The van der Waals surface area contributed by atoms with Gasteiger partial charge in [-0.2, -0.15) is 5.26 Å². The number of aromatic amines is 1. The Hall–Kier alpha value is -5.52. The molecule has 44 heavy (non-hydrogen) atoms. The number of rotatable bonds is 11. The molecule has 1 atom stereocenters. The topological polar surface area (TPSA) is 246 Å². The Morgan fingerprint density at radius 3 is 2.73 bits per heavy atom. The number of fused-ring (bicyclic) bond motifs is 3. The van der Waals surface area contributed by atoms with Crippen molar-refractivity contribution in [3.05, 3.63) is 42.2 Å². The number of phenolic OH excluding ortho intramolecular Hbond substituents is 1. The summed E-state index contributed by atoms with van der Waals surface area (Å²) in [5.41, 5.74) is 13.0. The summed E-state index contributed by atoms with van der Waals surface area (Å²) in [6.07, 6.45) is 7.99. The standard InChI is InChI=1S/C29H33N11O4/c30-11-9-16-3-6-18(7-4-16)40-24-19-10-13-33-25(19)35-15-22(24)37-29(40)39-38-17-5-8-23(41)20(14-17)26(42)36-21(27(43)44)2-1-12-34-28(31)32/h5,8,10,13-16,18,21,41H,1-4,6-7,9,12H2,(H,33,35)(H,36,42)(H,43,44)(H4,31,32,34)/b39-38+/t16?,18?,21-/m1/s1. The van der Waals surface area contributed by atoms with E-state index in [-0.39, 0.29) is 42.0 Å². The van der Waals surface area contributed by atoms with Gasteiger partial charge in [-0.25, -0.2) is 14.8 Å². The van der Waals surface area contributed by atoms with Crippen LogP contribution in [0.25, 0.3) is 22.1 Å². The molecule has 3 heterocycles. The largest absolute Gasteiger partial charge is 0.507 e. The number of hydrogen-bond acceptors (Lipinski definition) is 9. The molecule has 0 unspecified atom stereocenters. The predicted octanol–water partition coefficient (Wildman–Crippen LogP) is 3.92. The lowest BCUT2D eigenvalue weighted by molar-refractivity contribution is -0.139. The number of aliphatic imine (C=N–C) groups is 1. The van der Waals surface area contributed by atoms with Crippen LogP contribution in [0.1, 0.15) is 61.3 Å². The van der Waals surface area contributed by atoms with Crippen LogP contribution in [0.15, 0.2) is 51.9 Å². The maximum Gasteiger partial charge on any atom is 0.326 e. The molecule has 1 aliphatic carbocycles. The number of nitriles is 1. The summed E-state index contributed by atoms with van der Waals surface area (Å²) >= 11 is 0. The first-order valence-electron chi connectivity index (χ1n) is 14.3. The van der Waals surface area contributed by atoms with E-state index in [9.17, 15) is 19.8 Å². The predicted molar refractivity (Wildman–Crippen MR) is 162 cm³/mol. The molecule has 0 aliphatic heterocycles. The molecule has 0 bridgehead atoms. The molecule has 0 spiro atoms. The Labute approximate surface area is 251 Å². The molecule has 15 nitrogen and oxygen atoms in total. The molecule has 1 saturated carbocycles. The fraction of sp³-hybridized carbons (Fsp3) is 0.379. The minimum Gasteiger partial charge on any atom is -0.507 e. The lowest BCUT2D eigenvalue weighted by Crippen LogP contribution is -2.40. The van der Waals surface area contributed by atoms with Crippen molar-refractivity contribution in [3.63, 3.8) is 0 Å². The Kier molecular flexibility index (Phi) is 8.98. The van der Waals surface area contributed by atoms with Crippen LogP contribution in [0.4, 0.5) is 11.6 Å². The van der Waals surface area contributed by atoms with Gasteiger partial charge >= 0.3 is 5.97 Å². The van der Waals surface area contributed by atoms with Gasteiger partial charge in [0.1, 0.15) is 23.0 Å².